The second-order valence-corrected chi connectivity index (χ2v) is 12.2. The van der Waals surface area contributed by atoms with Gasteiger partial charge in [0.25, 0.3) is 0 Å². The molecule has 1 aromatic rings. The van der Waals surface area contributed by atoms with Crippen LogP contribution in [-0.2, 0) is 10.0 Å². The van der Waals surface area contributed by atoms with Gasteiger partial charge in [0.15, 0.2) is 0 Å². The van der Waals surface area contributed by atoms with Crippen LogP contribution in [0.5, 0.6) is 0 Å². The zero-order valence-corrected chi connectivity index (χ0v) is 17.7. The van der Waals surface area contributed by atoms with Crippen molar-refractivity contribution in [3.8, 4) is 0 Å². The number of rotatable bonds is 5. The van der Waals surface area contributed by atoms with Crippen molar-refractivity contribution in [2.24, 2.45) is 17.3 Å². The third-order valence-electron chi connectivity index (χ3n) is 7.99. The van der Waals surface area contributed by atoms with Crippen LogP contribution in [0.4, 0.5) is 0 Å². The van der Waals surface area contributed by atoms with Crippen LogP contribution in [0, 0.1) is 24.2 Å². The SMILES string of the molecule is Cc1ccc(S(=O)(=O)N2CC(NC(C)C34CC5CC(CC(O)(C5)C3)C4)C2)cc1. The Labute approximate surface area is 168 Å². The highest BCUT2D eigenvalue weighted by Gasteiger charge is 2.59. The summed E-state index contributed by atoms with van der Waals surface area (Å²) in [4.78, 5) is 0.382. The van der Waals surface area contributed by atoms with Crippen LogP contribution in [0.2, 0.25) is 0 Å². The minimum atomic E-state index is -3.39. The maximum absolute atomic E-state index is 12.8. The molecule has 4 aliphatic carbocycles. The van der Waals surface area contributed by atoms with Crippen molar-refractivity contribution in [3.05, 3.63) is 29.8 Å². The van der Waals surface area contributed by atoms with Gasteiger partial charge in [0.2, 0.25) is 10.0 Å². The summed E-state index contributed by atoms with van der Waals surface area (Å²) in [6.07, 6.45) is 6.63. The Morgan fingerprint density at radius 1 is 1.11 bits per heavy atom. The highest BCUT2D eigenvalue weighted by atomic mass is 32.2. The smallest absolute Gasteiger partial charge is 0.243 e. The van der Waals surface area contributed by atoms with E-state index in [1.165, 1.54) is 19.3 Å². The van der Waals surface area contributed by atoms with E-state index in [1.807, 2.05) is 19.1 Å². The Balaban J connectivity index is 1.23. The lowest BCUT2D eigenvalue weighted by atomic mass is 9.46. The van der Waals surface area contributed by atoms with E-state index in [9.17, 15) is 13.5 Å². The van der Waals surface area contributed by atoms with Crippen LogP contribution < -0.4 is 5.32 Å². The van der Waals surface area contributed by atoms with Gasteiger partial charge in [0, 0.05) is 25.2 Å². The summed E-state index contributed by atoms with van der Waals surface area (Å²) in [7, 11) is -3.39. The number of aliphatic hydroxyl groups is 1. The average Bonchev–Trinajstić information content (AvgIpc) is 2.55. The number of hydrogen-bond donors (Lipinski definition) is 2. The Bertz CT molecular complexity index is 846. The summed E-state index contributed by atoms with van der Waals surface area (Å²) in [6, 6.07) is 7.62. The van der Waals surface area contributed by atoms with E-state index in [0.29, 0.717) is 35.9 Å². The van der Waals surface area contributed by atoms with Gasteiger partial charge < -0.3 is 10.4 Å². The molecular weight excluding hydrogens is 372 g/mol. The molecule has 3 unspecified atom stereocenters. The molecule has 28 heavy (non-hydrogen) atoms. The zero-order valence-electron chi connectivity index (χ0n) is 16.9. The first-order chi connectivity index (χ1) is 13.2. The molecule has 5 nitrogen and oxygen atoms in total. The lowest BCUT2D eigenvalue weighted by Crippen LogP contribution is -2.66. The van der Waals surface area contributed by atoms with Crippen LogP contribution in [0.3, 0.4) is 0 Å². The second-order valence-electron chi connectivity index (χ2n) is 10.3. The molecule has 1 aromatic carbocycles. The highest BCUT2D eigenvalue weighted by Crippen LogP contribution is 2.62. The molecule has 2 N–H and O–H groups in total. The lowest BCUT2D eigenvalue weighted by Gasteiger charge is -2.62. The van der Waals surface area contributed by atoms with E-state index in [4.69, 9.17) is 0 Å². The maximum atomic E-state index is 12.8. The molecule has 5 fully saturated rings. The van der Waals surface area contributed by atoms with Crippen molar-refractivity contribution in [2.75, 3.05) is 13.1 Å². The van der Waals surface area contributed by atoms with Crippen LogP contribution in [0.15, 0.2) is 29.2 Å². The molecule has 4 saturated carbocycles. The molecule has 6 heteroatoms. The zero-order chi connectivity index (χ0) is 19.7. The van der Waals surface area contributed by atoms with Crippen molar-refractivity contribution in [3.63, 3.8) is 0 Å². The third-order valence-corrected chi connectivity index (χ3v) is 9.83. The van der Waals surface area contributed by atoms with Gasteiger partial charge in [-0.15, -0.1) is 0 Å². The fourth-order valence-electron chi connectivity index (χ4n) is 6.92. The Kier molecular flexibility index (Phi) is 4.27. The Morgan fingerprint density at radius 2 is 1.71 bits per heavy atom. The highest BCUT2D eigenvalue weighted by molar-refractivity contribution is 7.89. The molecule has 0 spiro atoms. The van der Waals surface area contributed by atoms with Gasteiger partial charge in [-0.1, -0.05) is 17.7 Å². The quantitative estimate of drug-likeness (QED) is 0.792. The summed E-state index contributed by atoms with van der Waals surface area (Å²) < 4.78 is 27.2. The monoisotopic (exact) mass is 404 g/mol. The predicted molar refractivity (Wildman–Crippen MR) is 108 cm³/mol. The summed E-state index contributed by atoms with van der Waals surface area (Å²) in [5.41, 5.74) is 0.809. The molecule has 0 amide bonds. The number of benzene rings is 1. The van der Waals surface area contributed by atoms with Crippen LogP contribution in [0.1, 0.15) is 51.0 Å². The number of nitrogens with one attached hydrogen (secondary N) is 1. The molecule has 154 valence electrons. The lowest BCUT2D eigenvalue weighted by molar-refractivity contribution is -0.173. The first-order valence-electron chi connectivity index (χ1n) is 10.7. The van der Waals surface area contributed by atoms with E-state index in [-0.39, 0.29) is 11.5 Å². The normalized spacial score (nSPS) is 39.1. The van der Waals surface area contributed by atoms with Crippen LogP contribution >= 0.6 is 0 Å². The van der Waals surface area contributed by atoms with E-state index < -0.39 is 15.6 Å². The van der Waals surface area contributed by atoms with Gasteiger partial charge in [-0.3, -0.25) is 0 Å². The van der Waals surface area contributed by atoms with Crippen molar-refractivity contribution in [1.82, 2.24) is 9.62 Å². The number of sulfonamides is 1. The average molecular weight is 405 g/mol. The van der Waals surface area contributed by atoms with Gasteiger partial charge in [0.05, 0.1) is 10.5 Å². The van der Waals surface area contributed by atoms with Gasteiger partial charge >= 0.3 is 0 Å². The molecule has 1 saturated heterocycles. The van der Waals surface area contributed by atoms with E-state index in [1.54, 1.807) is 16.4 Å². The van der Waals surface area contributed by atoms with Crippen molar-refractivity contribution < 1.29 is 13.5 Å². The summed E-state index contributed by atoms with van der Waals surface area (Å²) in [5, 5.41) is 14.7. The fourth-order valence-corrected chi connectivity index (χ4v) is 8.45. The predicted octanol–water partition coefficient (Wildman–Crippen LogP) is 2.68. The molecular formula is C22H32N2O3S. The number of hydrogen-bond acceptors (Lipinski definition) is 4. The van der Waals surface area contributed by atoms with Gasteiger partial charge in [-0.05, 0) is 81.8 Å². The molecule has 0 aromatic heterocycles. The number of nitrogens with zero attached hydrogens (tertiary/aromatic N) is 1. The van der Waals surface area contributed by atoms with Crippen LogP contribution in [0.25, 0.3) is 0 Å². The molecule has 0 radical (unpaired) electrons. The largest absolute Gasteiger partial charge is 0.390 e. The van der Waals surface area contributed by atoms with Crippen molar-refractivity contribution in [2.45, 2.75) is 75.0 Å². The topological polar surface area (TPSA) is 69.6 Å². The molecule has 1 aliphatic heterocycles. The van der Waals surface area contributed by atoms with Crippen molar-refractivity contribution in [1.29, 1.82) is 0 Å². The first-order valence-corrected chi connectivity index (χ1v) is 12.2. The summed E-state index contributed by atoms with van der Waals surface area (Å²) in [6.45, 7) is 5.29. The van der Waals surface area contributed by atoms with Gasteiger partial charge in [-0.2, -0.15) is 4.31 Å². The molecule has 1 heterocycles. The summed E-state index contributed by atoms with van der Waals surface area (Å²) >= 11 is 0. The minimum absolute atomic E-state index is 0.190. The Morgan fingerprint density at radius 3 is 2.29 bits per heavy atom. The van der Waals surface area contributed by atoms with Gasteiger partial charge in [-0.25, -0.2) is 8.42 Å². The number of aryl methyl sites for hydroxylation is 1. The third kappa shape index (κ3) is 3.04. The first kappa shape index (κ1) is 19.0. The van der Waals surface area contributed by atoms with Crippen molar-refractivity contribution >= 4 is 10.0 Å². The standard InChI is InChI=1S/C22H32N2O3S/c1-15-3-5-20(6-4-15)28(26,27)24-12-19(13-24)23-16(2)21-8-17-7-18(9-21)11-22(25,10-17)14-21/h3-6,16-19,23,25H,7-14H2,1-2H3. The Hall–Kier alpha value is -0.950. The van der Waals surface area contributed by atoms with E-state index >= 15 is 0 Å². The molecule has 6 rings (SSSR count). The van der Waals surface area contributed by atoms with E-state index in [2.05, 4.69) is 12.2 Å². The van der Waals surface area contributed by atoms with E-state index in [0.717, 1.165) is 24.8 Å². The van der Waals surface area contributed by atoms with Crippen LogP contribution in [-0.4, -0.2) is 48.6 Å². The minimum Gasteiger partial charge on any atom is -0.390 e. The fraction of sp³-hybridized carbons (Fsp3) is 0.727. The second kappa shape index (κ2) is 6.27. The summed E-state index contributed by atoms with van der Waals surface area (Å²) in [5.74, 6) is 1.35. The van der Waals surface area contributed by atoms with Gasteiger partial charge in [0.1, 0.15) is 0 Å². The molecule has 5 aliphatic rings. The molecule has 4 bridgehead atoms. The molecule has 3 atom stereocenters. The maximum Gasteiger partial charge on any atom is 0.243 e.